The van der Waals surface area contributed by atoms with Gasteiger partial charge in [0.15, 0.2) is 6.10 Å². The molecule has 1 aliphatic rings. The van der Waals surface area contributed by atoms with Crippen LogP contribution in [0.15, 0.2) is 29.2 Å². The van der Waals surface area contributed by atoms with Gasteiger partial charge in [-0.2, -0.15) is 0 Å². The van der Waals surface area contributed by atoms with Crippen LogP contribution in [0.1, 0.15) is 12.8 Å². The quantitative estimate of drug-likeness (QED) is 0.797. The van der Waals surface area contributed by atoms with E-state index in [4.69, 9.17) is 14.6 Å². The number of rotatable bonds is 6. The molecular weight excluding hydrogens is 298 g/mol. The van der Waals surface area contributed by atoms with Crippen LogP contribution in [-0.4, -0.2) is 45.4 Å². The minimum absolute atomic E-state index is 0.0450. The number of hydrogen-bond acceptors (Lipinski definition) is 5. The van der Waals surface area contributed by atoms with Crippen molar-refractivity contribution in [3.8, 4) is 5.75 Å². The molecule has 21 heavy (non-hydrogen) atoms. The van der Waals surface area contributed by atoms with E-state index in [9.17, 15) is 13.2 Å². The summed E-state index contributed by atoms with van der Waals surface area (Å²) in [5, 5.41) is 8.82. The number of carboxylic acid groups (broad SMARTS) is 1. The number of methoxy groups -OCH3 is 1. The van der Waals surface area contributed by atoms with E-state index < -0.39 is 28.2 Å². The summed E-state index contributed by atoms with van der Waals surface area (Å²) in [7, 11) is -2.22. The van der Waals surface area contributed by atoms with Gasteiger partial charge < -0.3 is 14.6 Å². The molecule has 7 nitrogen and oxygen atoms in total. The lowest BCUT2D eigenvalue weighted by atomic mass is 10.2. The fourth-order valence-corrected chi connectivity index (χ4v) is 3.19. The minimum Gasteiger partial charge on any atom is -0.497 e. The van der Waals surface area contributed by atoms with Crippen molar-refractivity contribution in [1.82, 2.24) is 4.72 Å². The Morgan fingerprint density at radius 1 is 1.48 bits per heavy atom. The van der Waals surface area contributed by atoms with Crippen LogP contribution in [0.3, 0.4) is 0 Å². The average molecular weight is 315 g/mol. The third kappa shape index (κ3) is 3.93. The largest absolute Gasteiger partial charge is 0.497 e. The normalized spacial score (nSPS) is 22.1. The first kappa shape index (κ1) is 15.7. The van der Waals surface area contributed by atoms with E-state index in [0.29, 0.717) is 18.6 Å². The first-order valence-corrected chi connectivity index (χ1v) is 7.92. The summed E-state index contributed by atoms with van der Waals surface area (Å²) in [6, 6.07) is 6.11. The van der Waals surface area contributed by atoms with Crippen molar-refractivity contribution in [2.24, 2.45) is 0 Å². The van der Waals surface area contributed by atoms with Crippen LogP contribution >= 0.6 is 0 Å². The maximum atomic E-state index is 12.1. The summed E-state index contributed by atoms with van der Waals surface area (Å²) in [5.74, 6) is -0.575. The number of carboxylic acids is 1. The van der Waals surface area contributed by atoms with E-state index in [1.165, 1.54) is 19.2 Å². The third-order valence-electron chi connectivity index (χ3n) is 3.24. The van der Waals surface area contributed by atoms with Crippen molar-refractivity contribution in [3.05, 3.63) is 24.3 Å². The van der Waals surface area contributed by atoms with Gasteiger partial charge in [-0.3, -0.25) is 0 Å². The highest BCUT2D eigenvalue weighted by Gasteiger charge is 2.31. The van der Waals surface area contributed by atoms with Crippen LogP contribution in [0.4, 0.5) is 0 Å². The maximum Gasteiger partial charge on any atom is 0.332 e. The predicted molar refractivity (Wildman–Crippen MR) is 73.7 cm³/mol. The van der Waals surface area contributed by atoms with Crippen molar-refractivity contribution >= 4 is 16.0 Å². The Bertz CT molecular complexity index is 615. The molecule has 2 rings (SSSR count). The molecule has 0 radical (unpaired) electrons. The highest BCUT2D eigenvalue weighted by molar-refractivity contribution is 7.89. The van der Waals surface area contributed by atoms with E-state index in [1.807, 2.05) is 0 Å². The Balaban J connectivity index is 1.97. The summed E-state index contributed by atoms with van der Waals surface area (Å²) in [6.07, 6.45) is -0.374. The molecule has 0 aliphatic carbocycles. The Kier molecular flexibility index (Phi) is 4.81. The van der Waals surface area contributed by atoms with Crippen molar-refractivity contribution < 1.29 is 27.8 Å². The second-order valence-corrected chi connectivity index (χ2v) is 6.46. The number of benzene rings is 1. The molecule has 0 saturated carbocycles. The molecule has 0 aromatic heterocycles. The standard InChI is InChI=1S/C13H17NO6S/c1-19-9-3-2-4-11(7-9)21(17,18)14-8-10-5-6-12(20-10)13(15)16/h2-4,7,10,12,14H,5-6,8H2,1H3,(H,15,16). The number of sulfonamides is 1. The molecule has 2 unspecified atom stereocenters. The van der Waals surface area contributed by atoms with Crippen LogP contribution < -0.4 is 9.46 Å². The lowest BCUT2D eigenvalue weighted by Crippen LogP contribution is -2.33. The zero-order valence-corrected chi connectivity index (χ0v) is 12.3. The summed E-state index contributed by atoms with van der Waals surface area (Å²) in [4.78, 5) is 10.9. The Morgan fingerprint density at radius 3 is 2.86 bits per heavy atom. The zero-order valence-electron chi connectivity index (χ0n) is 11.5. The van der Waals surface area contributed by atoms with Gasteiger partial charge in [0.1, 0.15) is 5.75 Å². The van der Waals surface area contributed by atoms with Crippen LogP contribution in [-0.2, 0) is 19.6 Å². The minimum atomic E-state index is -3.68. The zero-order chi connectivity index (χ0) is 15.5. The first-order chi connectivity index (χ1) is 9.92. The molecule has 1 fully saturated rings. The smallest absolute Gasteiger partial charge is 0.332 e. The SMILES string of the molecule is COc1cccc(S(=O)(=O)NCC2CCC(C(=O)O)O2)c1. The molecule has 116 valence electrons. The third-order valence-corrected chi connectivity index (χ3v) is 4.66. The first-order valence-electron chi connectivity index (χ1n) is 6.44. The second kappa shape index (κ2) is 6.42. The lowest BCUT2D eigenvalue weighted by Gasteiger charge is -2.13. The van der Waals surface area contributed by atoms with Gasteiger partial charge >= 0.3 is 5.97 Å². The van der Waals surface area contributed by atoms with Gasteiger partial charge in [-0.1, -0.05) is 6.07 Å². The Hall–Kier alpha value is -1.64. The van der Waals surface area contributed by atoms with Crippen molar-refractivity contribution in [2.45, 2.75) is 29.9 Å². The molecule has 0 amide bonds. The number of carbonyl (C=O) groups is 1. The van der Waals surface area contributed by atoms with E-state index in [2.05, 4.69) is 4.72 Å². The molecule has 0 spiro atoms. The predicted octanol–water partition coefficient (Wildman–Crippen LogP) is 0.606. The number of aliphatic carboxylic acids is 1. The van der Waals surface area contributed by atoms with Gasteiger partial charge in [-0.25, -0.2) is 17.9 Å². The molecule has 0 bridgehead atoms. The summed E-state index contributed by atoms with van der Waals surface area (Å²) in [6.45, 7) is 0.0450. The van der Waals surface area contributed by atoms with Crippen LogP contribution in [0.25, 0.3) is 0 Å². The fraction of sp³-hybridized carbons (Fsp3) is 0.462. The Morgan fingerprint density at radius 2 is 2.24 bits per heavy atom. The van der Waals surface area contributed by atoms with Crippen LogP contribution in [0.5, 0.6) is 5.75 Å². The van der Waals surface area contributed by atoms with E-state index in [-0.39, 0.29) is 11.4 Å². The van der Waals surface area contributed by atoms with Gasteiger partial charge in [-0.15, -0.1) is 0 Å². The number of ether oxygens (including phenoxy) is 2. The molecule has 1 aromatic carbocycles. The van der Waals surface area contributed by atoms with Crippen molar-refractivity contribution in [2.75, 3.05) is 13.7 Å². The molecule has 2 atom stereocenters. The molecular formula is C13H17NO6S. The average Bonchev–Trinajstić information content (AvgIpc) is 2.94. The van der Waals surface area contributed by atoms with Crippen LogP contribution in [0.2, 0.25) is 0 Å². The molecule has 2 N–H and O–H groups in total. The highest BCUT2D eigenvalue weighted by atomic mass is 32.2. The van der Waals surface area contributed by atoms with Crippen molar-refractivity contribution in [1.29, 1.82) is 0 Å². The maximum absolute atomic E-state index is 12.1. The molecule has 8 heteroatoms. The number of hydrogen-bond donors (Lipinski definition) is 2. The monoisotopic (exact) mass is 315 g/mol. The van der Waals surface area contributed by atoms with Crippen molar-refractivity contribution in [3.63, 3.8) is 0 Å². The van der Waals surface area contributed by atoms with Gasteiger partial charge in [0.05, 0.1) is 18.1 Å². The lowest BCUT2D eigenvalue weighted by molar-refractivity contribution is -0.149. The van der Waals surface area contributed by atoms with E-state index >= 15 is 0 Å². The summed E-state index contributed by atoms with van der Waals surface area (Å²) >= 11 is 0. The van der Waals surface area contributed by atoms with Gasteiger partial charge in [0, 0.05) is 12.6 Å². The molecule has 1 aliphatic heterocycles. The topological polar surface area (TPSA) is 102 Å². The van der Waals surface area contributed by atoms with E-state index in [0.717, 1.165) is 0 Å². The second-order valence-electron chi connectivity index (χ2n) is 4.69. The Labute approximate surface area is 122 Å². The fourth-order valence-electron chi connectivity index (χ4n) is 2.09. The summed E-state index contributed by atoms with van der Waals surface area (Å²) in [5.41, 5.74) is 0. The highest BCUT2D eigenvalue weighted by Crippen LogP contribution is 2.21. The number of nitrogens with one attached hydrogen (secondary N) is 1. The van der Waals surface area contributed by atoms with E-state index in [1.54, 1.807) is 12.1 Å². The molecule has 1 heterocycles. The summed E-state index contributed by atoms with van der Waals surface area (Å²) < 4.78 is 36.9. The van der Waals surface area contributed by atoms with Crippen LogP contribution in [0, 0.1) is 0 Å². The molecule has 1 aromatic rings. The van der Waals surface area contributed by atoms with Gasteiger partial charge in [0.25, 0.3) is 0 Å². The molecule has 1 saturated heterocycles. The van der Waals surface area contributed by atoms with Gasteiger partial charge in [0.2, 0.25) is 10.0 Å². The van der Waals surface area contributed by atoms with Gasteiger partial charge in [-0.05, 0) is 25.0 Å².